The fourth-order valence-electron chi connectivity index (χ4n) is 2.30. The van der Waals surface area contributed by atoms with Crippen LogP contribution in [0.4, 0.5) is 0 Å². The van der Waals surface area contributed by atoms with E-state index in [0.29, 0.717) is 5.69 Å². The second-order valence-corrected chi connectivity index (χ2v) is 4.43. The molecule has 0 aliphatic heterocycles. The van der Waals surface area contributed by atoms with Crippen LogP contribution in [0.15, 0.2) is 72.9 Å². The Kier molecular flexibility index (Phi) is 3.26. The fourth-order valence-corrected chi connectivity index (χ4v) is 2.30. The zero-order valence-corrected chi connectivity index (χ0v) is 10.8. The Hall–Kier alpha value is -2.92. The van der Waals surface area contributed by atoms with Gasteiger partial charge in [0.1, 0.15) is 11.8 Å². The van der Waals surface area contributed by atoms with Crippen LogP contribution in [0.2, 0.25) is 0 Å². The summed E-state index contributed by atoms with van der Waals surface area (Å²) in [6.45, 7) is 0. The Morgan fingerprint density at radius 3 is 1.95 bits per heavy atom. The maximum Gasteiger partial charge on any atom is 0.148 e. The molecule has 0 amide bonds. The van der Waals surface area contributed by atoms with Gasteiger partial charge < -0.3 is 0 Å². The first kappa shape index (κ1) is 12.1. The van der Waals surface area contributed by atoms with Crippen molar-refractivity contribution in [2.24, 2.45) is 0 Å². The normalized spacial score (nSPS) is 9.95. The minimum atomic E-state index is 0.456. The smallest absolute Gasteiger partial charge is 0.148 e. The molecule has 2 heteroatoms. The van der Waals surface area contributed by atoms with Crippen molar-refractivity contribution >= 4 is 0 Å². The van der Waals surface area contributed by atoms with E-state index in [0.717, 1.165) is 22.3 Å². The molecule has 0 bridgehead atoms. The first-order valence-electron chi connectivity index (χ1n) is 6.40. The van der Waals surface area contributed by atoms with Crippen molar-refractivity contribution in [3.8, 4) is 28.3 Å². The molecule has 0 unspecified atom stereocenters. The van der Waals surface area contributed by atoms with Crippen LogP contribution < -0.4 is 0 Å². The second-order valence-electron chi connectivity index (χ2n) is 4.43. The number of benzene rings is 2. The highest BCUT2D eigenvalue weighted by atomic mass is 14.7. The molecular weight excluding hydrogens is 244 g/mol. The van der Waals surface area contributed by atoms with Crippen LogP contribution in [-0.2, 0) is 0 Å². The van der Waals surface area contributed by atoms with E-state index >= 15 is 0 Å². The molecule has 2 aromatic carbocycles. The van der Waals surface area contributed by atoms with E-state index in [1.54, 1.807) is 6.20 Å². The van der Waals surface area contributed by atoms with Gasteiger partial charge in [-0.05, 0) is 22.8 Å². The van der Waals surface area contributed by atoms with Gasteiger partial charge >= 0.3 is 0 Å². The number of hydrogen-bond donors (Lipinski definition) is 0. The van der Waals surface area contributed by atoms with E-state index in [4.69, 9.17) is 0 Å². The monoisotopic (exact) mass is 256 g/mol. The van der Waals surface area contributed by atoms with E-state index in [1.165, 1.54) is 0 Å². The molecule has 0 aliphatic rings. The number of aromatic nitrogens is 1. The van der Waals surface area contributed by atoms with Gasteiger partial charge in [0.05, 0.1) is 0 Å². The largest absolute Gasteiger partial charge is 0.245 e. The maximum atomic E-state index is 9.34. The van der Waals surface area contributed by atoms with Gasteiger partial charge in [-0.2, -0.15) is 5.26 Å². The third-order valence-electron chi connectivity index (χ3n) is 3.20. The van der Waals surface area contributed by atoms with Crippen LogP contribution in [0, 0.1) is 11.3 Å². The molecule has 20 heavy (non-hydrogen) atoms. The first-order valence-corrected chi connectivity index (χ1v) is 6.40. The lowest BCUT2D eigenvalue weighted by atomic mass is 9.94. The second kappa shape index (κ2) is 5.38. The number of hydrogen-bond acceptors (Lipinski definition) is 2. The number of rotatable bonds is 2. The molecule has 0 N–H and O–H groups in total. The summed E-state index contributed by atoms with van der Waals surface area (Å²) in [5, 5.41) is 9.34. The SMILES string of the molecule is N#Cc1nccc(-c2ccccc2)c1-c1ccccc1. The number of nitriles is 1. The van der Waals surface area contributed by atoms with E-state index in [2.05, 4.69) is 11.1 Å². The highest BCUT2D eigenvalue weighted by Gasteiger charge is 2.12. The van der Waals surface area contributed by atoms with Crippen molar-refractivity contribution in [1.82, 2.24) is 4.98 Å². The average Bonchev–Trinajstić information content (AvgIpc) is 2.55. The Bertz CT molecular complexity index is 756. The van der Waals surface area contributed by atoms with Crippen molar-refractivity contribution in [3.63, 3.8) is 0 Å². The Balaban J connectivity index is 2.30. The molecule has 0 saturated carbocycles. The molecule has 0 radical (unpaired) electrons. The van der Waals surface area contributed by atoms with Crippen molar-refractivity contribution in [2.45, 2.75) is 0 Å². The Morgan fingerprint density at radius 2 is 1.35 bits per heavy atom. The molecule has 0 spiro atoms. The molecule has 2 nitrogen and oxygen atoms in total. The van der Waals surface area contributed by atoms with Crippen LogP contribution in [0.25, 0.3) is 22.3 Å². The summed E-state index contributed by atoms with van der Waals surface area (Å²) in [6, 6.07) is 24.1. The molecule has 1 heterocycles. The van der Waals surface area contributed by atoms with Crippen molar-refractivity contribution in [1.29, 1.82) is 5.26 Å². The highest BCUT2D eigenvalue weighted by Crippen LogP contribution is 2.33. The standard InChI is InChI=1S/C18H12N2/c19-13-17-18(15-9-5-2-6-10-15)16(11-12-20-17)14-7-3-1-4-8-14/h1-12H. The summed E-state index contributed by atoms with van der Waals surface area (Å²) in [6.07, 6.45) is 1.69. The molecular formula is C18H12N2. The molecule has 3 rings (SSSR count). The quantitative estimate of drug-likeness (QED) is 0.686. The number of nitrogens with zero attached hydrogens (tertiary/aromatic N) is 2. The zero-order valence-electron chi connectivity index (χ0n) is 10.8. The van der Waals surface area contributed by atoms with Crippen molar-refractivity contribution in [3.05, 3.63) is 78.6 Å². The molecule has 1 aromatic heterocycles. The summed E-state index contributed by atoms with van der Waals surface area (Å²) in [4.78, 5) is 4.20. The first-order chi connectivity index (χ1) is 9.90. The van der Waals surface area contributed by atoms with Crippen LogP contribution in [-0.4, -0.2) is 4.98 Å². The van der Waals surface area contributed by atoms with Crippen molar-refractivity contribution in [2.75, 3.05) is 0 Å². The van der Waals surface area contributed by atoms with Crippen LogP contribution in [0.5, 0.6) is 0 Å². The van der Waals surface area contributed by atoms with Gasteiger partial charge in [0, 0.05) is 11.8 Å². The predicted octanol–water partition coefficient (Wildman–Crippen LogP) is 4.29. The van der Waals surface area contributed by atoms with Gasteiger partial charge in [-0.3, -0.25) is 0 Å². The molecule has 0 saturated heterocycles. The van der Waals surface area contributed by atoms with Gasteiger partial charge in [0.25, 0.3) is 0 Å². The van der Waals surface area contributed by atoms with Crippen molar-refractivity contribution < 1.29 is 0 Å². The van der Waals surface area contributed by atoms with Crippen LogP contribution >= 0.6 is 0 Å². The lowest BCUT2D eigenvalue weighted by Crippen LogP contribution is -1.92. The molecule has 3 aromatic rings. The zero-order chi connectivity index (χ0) is 13.8. The minimum absolute atomic E-state index is 0.456. The maximum absolute atomic E-state index is 9.34. The average molecular weight is 256 g/mol. The summed E-state index contributed by atoms with van der Waals surface area (Å²) >= 11 is 0. The Labute approximate surface area is 118 Å². The van der Waals surface area contributed by atoms with Gasteiger partial charge in [-0.1, -0.05) is 60.7 Å². The highest BCUT2D eigenvalue weighted by molar-refractivity contribution is 5.86. The van der Waals surface area contributed by atoms with Gasteiger partial charge in [0.15, 0.2) is 0 Å². The molecule has 0 aliphatic carbocycles. The number of pyridine rings is 1. The summed E-state index contributed by atoms with van der Waals surface area (Å²) in [5.74, 6) is 0. The lowest BCUT2D eigenvalue weighted by Gasteiger charge is -2.11. The topological polar surface area (TPSA) is 36.7 Å². The lowest BCUT2D eigenvalue weighted by molar-refractivity contribution is 1.26. The summed E-state index contributed by atoms with van der Waals surface area (Å²) in [5.41, 5.74) is 4.48. The van der Waals surface area contributed by atoms with E-state index in [-0.39, 0.29) is 0 Å². The third-order valence-corrected chi connectivity index (χ3v) is 3.20. The van der Waals surface area contributed by atoms with E-state index in [9.17, 15) is 5.26 Å². The van der Waals surface area contributed by atoms with Crippen LogP contribution in [0.1, 0.15) is 5.69 Å². The summed E-state index contributed by atoms with van der Waals surface area (Å²) < 4.78 is 0. The fraction of sp³-hybridized carbons (Fsp3) is 0. The van der Waals surface area contributed by atoms with E-state index < -0.39 is 0 Å². The summed E-state index contributed by atoms with van der Waals surface area (Å²) in [7, 11) is 0. The van der Waals surface area contributed by atoms with Gasteiger partial charge in [-0.15, -0.1) is 0 Å². The third kappa shape index (κ3) is 2.17. The predicted molar refractivity (Wildman–Crippen MR) is 79.8 cm³/mol. The van der Waals surface area contributed by atoms with Crippen LogP contribution in [0.3, 0.4) is 0 Å². The molecule has 94 valence electrons. The van der Waals surface area contributed by atoms with Gasteiger partial charge in [0.2, 0.25) is 0 Å². The van der Waals surface area contributed by atoms with Gasteiger partial charge in [-0.25, -0.2) is 4.98 Å². The van der Waals surface area contributed by atoms with E-state index in [1.807, 2.05) is 66.7 Å². The minimum Gasteiger partial charge on any atom is -0.245 e. The Morgan fingerprint density at radius 1 is 0.750 bits per heavy atom. The molecule has 0 fully saturated rings. The molecule has 0 atom stereocenters.